The fourth-order valence-electron chi connectivity index (χ4n) is 2.07. The van der Waals surface area contributed by atoms with Crippen molar-refractivity contribution in [2.45, 2.75) is 32.7 Å². The summed E-state index contributed by atoms with van der Waals surface area (Å²) >= 11 is 0. The highest BCUT2D eigenvalue weighted by Gasteiger charge is 2.23. The average Bonchev–Trinajstić information content (AvgIpc) is 2.02. The van der Waals surface area contributed by atoms with Crippen LogP contribution in [0, 0.1) is 13.8 Å². The molecule has 0 saturated carbocycles. The number of rotatable bonds is 3. The van der Waals surface area contributed by atoms with E-state index in [0.29, 0.717) is 6.42 Å². The first-order valence-corrected chi connectivity index (χ1v) is 4.95. The molecule has 0 heterocycles. The van der Waals surface area contributed by atoms with Crippen molar-refractivity contribution in [2.75, 3.05) is 6.61 Å². The largest absolute Gasteiger partial charge is 0.396 e. The molecule has 0 aromatic heterocycles. The van der Waals surface area contributed by atoms with Crippen molar-refractivity contribution in [1.29, 1.82) is 0 Å². The van der Waals surface area contributed by atoms with E-state index in [2.05, 4.69) is 26.0 Å². The Morgan fingerprint density at radius 1 is 1.29 bits per heavy atom. The highest BCUT2D eigenvalue weighted by atomic mass is 16.3. The molecule has 78 valence electrons. The molecule has 0 radical (unpaired) electrons. The van der Waals surface area contributed by atoms with Gasteiger partial charge in [0.15, 0.2) is 0 Å². The van der Waals surface area contributed by atoms with E-state index in [0.717, 1.165) is 5.56 Å². The van der Waals surface area contributed by atoms with E-state index in [-0.39, 0.29) is 6.61 Å². The second-order valence-corrected chi connectivity index (χ2v) is 4.16. The van der Waals surface area contributed by atoms with Gasteiger partial charge in [0.2, 0.25) is 0 Å². The summed E-state index contributed by atoms with van der Waals surface area (Å²) in [7, 11) is 0. The Bertz CT molecular complexity index is 298. The lowest BCUT2D eigenvalue weighted by molar-refractivity contribution is 0.246. The maximum atomic E-state index is 8.96. The van der Waals surface area contributed by atoms with Gasteiger partial charge in [-0.15, -0.1) is 0 Å². The second kappa shape index (κ2) is 4.11. The summed E-state index contributed by atoms with van der Waals surface area (Å²) in [6, 6.07) is 6.15. The van der Waals surface area contributed by atoms with Crippen molar-refractivity contribution in [3.63, 3.8) is 0 Å². The van der Waals surface area contributed by atoms with E-state index in [1.807, 2.05) is 13.0 Å². The van der Waals surface area contributed by atoms with E-state index < -0.39 is 5.54 Å². The van der Waals surface area contributed by atoms with E-state index in [1.54, 1.807) is 0 Å². The Labute approximate surface area is 85.8 Å². The van der Waals surface area contributed by atoms with Gasteiger partial charge in [-0.05, 0) is 43.9 Å². The molecule has 1 aromatic rings. The zero-order valence-electron chi connectivity index (χ0n) is 9.17. The van der Waals surface area contributed by atoms with Gasteiger partial charge in [-0.2, -0.15) is 0 Å². The van der Waals surface area contributed by atoms with Crippen molar-refractivity contribution >= 4 is 0 Å². The van der Waals surface area contributed by atoms with Gasteiger partial charge in [-0.3, -0.25) is 0 Å². The summed E-state index contributed by atoms with van der Waals surface area (Å²) in [6.45, 7) is 6.22. The van der Waals surface area contributed by atoms with Gasteiger partial charge < -0.3 is 10.8 Å². The molecule has 1 unspecified atom stereocenters. The molecule has 0 bridgehead atoms. The minimum atomic E-state index is -0.426. The van der Waals surface area contributed by atoms with Crippen molar-refractivity contribution in [3.05, 3.63) is 34.9 Å². The average molecular weight is 193 g/mol. The molecule has 0 aliphatic heterocycles. The standard InChI is InChI=1S/C12H19NO/c1-9-5-4-6-10(2)11(9)12(3,13)7-8-14/h4-6,14H,7-8,13H2,1-3H3. The normalized spacial score (nSPS) is 15.2. The molecule has 2 nitrogen and oxygen atoms in total. The second-order valence-electron chi connectivity index (χ2n) is 4.16. The molecular formula is C12H19NO. The molecule has 0 spiro atoms. The number of hydrogen-bond donors (Lipinski definition) is 2. The van der Waals surface area contributed by atoms with Crippen molar-refractivity contribution in [2.24, 2.45) is 5.73 Å². The van der Waals surface area contributed by atoms with Crippen LogP contribution in [0.4, 0.5) is 0 Å². The maximum Gasteiger partial charge on any atom is 0.0451 e. The minimum absolute atomic E-state index is 0.126. The molecule has 0 fully saturated rings. The number of aliphatic hydroxyl groups excluding tert-OH is 1. The van der Waals surface area contributed by atoms with Crippen LogP contribution in [-0.4, -0.2) is 11.7 Å². The Balaban J connectivity index is 3.17. The first-order chi connectivity index (χ1) is 6.49. The summed E-state index contributed by atoms with van der Waals surface area (Å²) in [5.41, 5.74) is 9.32. The quantitative estimate of drug-likeness (QED) is 0.769. The third-order valence-electron chi connectivity index (χ3n) is 2.68. The lowest BCUT2D eigenvalue weighted by Gasteiger charge is -2.28. The van der Waals surface area contributed by atoms with Crippen molar-refractivity contribution < 1.29 is 5.11 Å². The Hall–Kier alpha value is -0.860. The van der Waals surface area contributed by atoms with Crippen LogP contribution in [-0.2, 0) is 5.54 Å². The predicted octanol–water partition coefficient (Wildman–Crippen LogP) is 1.86. The number of aryl methyl sites for hydroxylation is 2. The molecule has 0 saturated heterocycles. The van der Waals surface area contributed by atoms with Crippen LogP contribution in [0.3, 0.4) is 0 Å². The fourth-order valence-corrected chi connectivity index (χ4v) is 2.07. The van der Waals surface area contributed by atoms with Crippen molar-refractivity contribution in [1.82, 2.24) is 0 Å². The van der Waals surface area contributed by atoms with Crippen LogP contribution >= 0.6 is 0 Å². The first kappa shape index (κ1) is 11.2. The monoisotopic (exact) mass is 193 g/mol. The zero-order chi connectivity index (χ0) is 10.8. The molecular weight excluding hydrogens is 174 g/mol. The first-order valence-electron chi connectivity index (χ1n) is 4.95. The Kier molecular flexibility index (Phi) is 3.29. The fraction of sp³-hybridized carbons (Fsp3) is 0.500. The van der Waals surface area contributed by atoms with Gasteiger partial charge in [-0.1, -0.05) is 18.2 Å². The van der Waals surface area contributed by atoms with E-state index in [1.165, 1.54) is 11.1 Å². The van der Waals surface area contributed by atoms with Crippen LogP contribution in [0.1, 0.15) is 30.0 Å². The van der Waals surface area contributed by atoms with Gasteiger partial charge in [0.1, 0.15) is 0 Å². The lowest BCUT2D eigenvalue weighted by Crippen LogP contribution is -2.35. The summed E-state index contributed by atoms with van der Waals surface area (Å²) in [5, 5.41) is 8.96. The van der Waals surface area contributed by atoms with Crippen LogP contribution in [0.5, 0.6) is 0 Å². The van der Waals surface area contributed by atoms with E-state index >= 15 is 0 Å². The third-order valence-corrected chi connectivity index (χ3v) is 2.68. The smallest absolute Gasteiger partial charge is 0.0451 e. The van der Waals surface area contributed by atoms with Gasteiger partial charge in [0.25, 0.3) is 0 Å². The Morgan fingerprint density at radius 2 is 1.79 bits per heavy atom. The molecule has 0 aliphatic carbocycles. The number of aliphatic hydroxyl groups is 1. The molecule has 1 atom stereocenters. The maximum absolute atomic E-state index is 8.96. The molecule has 1 rings (SSSR count). The van der Waals surface area contributed by atoms with Gasteiger partial charge in [0, 0.05) is 12.1 Å². The summed E-state index contributed by atoms with van der Waals surface area (Å²) < 4.78 is 0. The molecule has 0 amide bonds. The molecule has 1 aromatic carbocycles. The predicted molar refractivity (Wildman–Crippen MR) is 59.2 cm³/mol. The highest BCUT2D eigenvalue weighted by Crippen LogP contribution is 2.27. The molecule has 2 heteroatoms. The van der Waals surface area contributed by atoms with Crippen LogP contribution in [0.25, 0.3) is 0 Å². The zero-order valence-corrected chi connectivity index (χ0v) is 9.17. The lowest BCUT2D eigenvalue weighted by atomic mass is 9.84. The van der Waals surface area contributed by atoms with Gasteiger partial charge in [-0.25, -0.2) is 0 Å². The number of nitrogens with two attached hydrogens (primary N) is 1. The molecule has 0 aliphatic rings. The summed E-state index contributed by atoms with van der Waals surface area (Å²) in [6.07, 6.45) is 0.596. The number of benzene rings is 1. The highest BCUT2D eigenvalue weighted by molar-refractivity contribution is 5.38. The molecule has 14 heavy (non-hydrogen) atoms. The van der Waals surface area contributed by atoms with E-state index in [9.17, 15) is 0 Å². The summed E-state index contributed by atoms with van der Waals surface area (Å²) in [4.78, 5) is 0. The van der Waals surface area contributed by atoms with Crippen LogP contribution in [0.15, 0.2) is 18.2 Å². The van der Waals surface area contributed by atoms with Crippen LogP contribution in [0.2, 0.25) is 0 Å². The van der Waals surface area contributed by atoms with Gasteiger partial charge >= 0.3 is 0 Å². The summed E-state index contributed by atoms with van der Waals surface area (Å²) in [5.74, 6) is 0. The number of hydrogen-bond acceptors (Lipinski definition) is 2. The third kappa shape index (κ3) is 2.14. The Morgan fingerprint density at radius 3 is 2.21 bits per heavy atom. The van der Waals surface area contributed by atoms with Crippen molar-refractivity contribution in [3.8, 4) is 0 Å². The SMILES string of the molecule is Cc1cccc(C)c1C(C)(N)CCO. The topological polar surface area (TPSA) is 46.2 Å². The molecule has 3 N–H and O–H groups in total. The van der Waals surface area contributed by atoms with Gasteiger partial charge in [0.05, 0.1) is 0 Å². The minimum Gasteiger partial charge on any atom is -0.396 e. The van der Waals surface area contributed by atoms with E-state index in [4.69, 9.17) is 10.8 Å². The van der Waals surface area contributed by atoms with Crippen LogP contribution < -0.4 is 5.73 Å².